The third kappa shape index (κ3) is 4.60. The minimum absolute atomic E-state index is 0.675. The Labute approximate surface area is 156 Å². The number of anilines is 2. The monoisotopic (exact) mass is 356 g/mol. The van der Waals surface area contributed by atoms with E-state index in [0.29, 0.717) is 11.0 Å². The van der Waals surface area contributed by atoms with Gasteiger partial charge in [-0.25, -0.2) is 4.98 Å². The molecule has 5 heteroatoms. The maximum absolute atomic E-state index is 5.39. The molecule has 1 saturated heterocycles. The lowest BCUT2D eigenvalue weighted by Gasteiger charge is -2.18. The summed E-state index contributed by atoms with van der Waals surface area (Å²) in [6, 6.07) is 8.48. The molecule has 0 saturated carbocycles. The SMILES string of the molecule is Cc1cc(N2CCCC2)nc2ccc(NC(=S)NCCC(C)C)cc12. The van der Waals surface area contributed by atoms with Gasteiger partial charge in [-0.05, 0) is 74.2 Å². The van der Waals surface area contributed by atoms with Gasteiger partial charge >= 0.3 is 0 Å². The number of aryl methyl sites for hydroxylation is 1. The van der Waals surface area contributed by atoms with E-state index in [0.717, 1.165) is 43.1 Å². The fraction of sp³-hybridized carbons (Fsp3) is 0.500. The summed E-state index contributed by atoms with van der Waals surface area (Å²) < 4.78 is 0. The average Bonchev–Trinajstić information content (AvgIpc) is 3.09. The topological polar surface area (TPSA) is 40.2 Å². The Bertz CT molecular complexity index is 751. The van der Waals surface area contributed by atoms with E-state index in [-0.39, 0.29) is 0 Å². The molecule has 2 aromatic rings. The zero-order chi connectivity index (χ0) is 17.8. The van der Waals surface area contributed by atoms with Crippen LogP contribution in [0.5, 0.6) is 0 Å². The summed E-state index contributed by atoms with van der Waals surface area (Å²) in [4.78, 5) is 7.24. The lowest BCUT2D eigenvalue weighted by Crippen LogP contribution is -2.29. The van der Waals surface area contributed by atoms with Crippen LogP contribution in [0.2, 0.25) is 0 Å². The van der Waals surface area contributed by atoms with Crippen LogP contribution in [0.25, 0.3) is 10.9 Å². The van der Waals surface area contributed by atoms with E-state index in [2.05, 4.69) is 60.6 Å². The highest BCUT2D eigenvalue weighted by Crippen LogP contribution is 2.27. The van der Waals surface area contributed by atoms with Crippen LogP contribution in [-0.2, 0) is 0 Å². The van der Waals surface area contributed by atoms with E-state index < -0.39 is 0 Å². The molecule has 3 rings (SSSR count). The quantitative estimate of drug-likeness (QED) is 0.773. The second-order valence-electron chi connectivity index (χ2n) is 7.29. The molecular weight excluding hydrogens is 328 g/mol. The number of hydrogen-bond donors (Lipinski definition) is 2. The standard InChI is InChI=1S/C20H28N4S/c1-14(2)8-9-21-20(25)22-16-6-7-18-17(13-16)15(3)12-19(23-18)24-10-4-5-11-24/h6-7,12-14H,4-5,8-11H2,1-3H3,(H2,21,22,25). The van der Waals surface area contributed by atoms with Gasteiger partial charge < -0.3 is 15.5 Å². The molecule has 4 nitrogen and oxygen atoms in total. The molecule has 0 amide bonds. The fourth-order valence-corrected chi connectivity index (χ4v) is 3.43. The zero-order valence-electron chi connectivity index (χ0n) is 15.4. The Morgan fingerprint density at radius 2 is 2.00 bits per heavy atom. The predicted molar refractivity (Wildman–Crippen MR) is 112 cm³/mol. The summed E-state index contributed by atoms with van der Waals surface area (Å²) in [6.07, 6.45) is 3.65. The largest absolute Gasteiger partial charge is 0.362 e. The van der Waals surface area contributed by atoms with Crippen molar-refractivity contribution in [3.8, 4) is 0 Å². The van der Waals surface area contributed by atoms with Gasteiger partial charge in [-0.15, -0.1) is 0 Å². The molecule has 1 aromatic heterocycles. The maximum Gasteiger partial charge on any atom is 0.170 e. The third-order valence-corrected chi connectivity index (χ3v) is 4.94. The predicted octanol–water partition coefficient (Wildman–Crippen LogP) is 4.48. The highest BCUT2D eigenvalue weighted by Gasteiger charge is 2.15. The normalized spacial score (nSPS) is 14.3. The van der Waals surface area contributed by atoms with Gasteiger partial charge in [0.15, 0.2) is 5.11 Å². The van der Waals surface area contributed by atoms with Crippen LogP contribution in [0.3, 0.4) is 0 Å². The molecular formula is C20H28N4S. The summed E-state index contributed by atoms with van der Waals surface area (Å²) in [6.45, 7) is 9.73. The smallest absolute Gasteiger partial charge is 0.170 e. The first-order valence-electron chi connectivity index (χ1n) is 9.24. The summed E-state index contributed by atoms with van der Waals surface area (Å²) in [7, 11) is 0. The fourth-order valence-electron chi connectivity index (χ4n) is 3.21. The second kappa shape index (κ2) is 8.00. The van der Waals surface area contributed by atoms with Crippen LogP contribution >= 0.6 is 12.2 Å². The number of aromatic nitrogens is 1. The van der Waals surface area contributed by atoms with Crippen molar-refractivity contribution in [3.63, 3.8) is 0 Å². The number of nitrogens with one attached hydrogen (secondary N) is 2. The molecule has 1 aliphatic heterocycles. The van der Waals surface area contributed by atoms with Crippen LogP contribution < -0.4 is 15.5 Å². The first-order valence-corrected chi connectivity index (χ1v) is 9.65. The number of hydrogen-bond acceptors (Lipinski definition) is 3. The van der Waals surface area contributed by atoms with Crippen molar-refractivity contribution in [1.82, 2.24) is 10.3 Å². The van der Waals surface area contributed by atoms with Crippen molar-refractivity contribution in [3.05, 3.63) is 29.8 Å². The summed E-state index contributed by atoms with van der Waals surface area (Å²) in [5.74, 6) is 1.78. The molecule has 134 valence electrons. The van der Waals surface area contributed by atoms with Gasteiger partial charge in [0, 0.05) is 30.7 Å². The lowest BCUT2D eigenvalue weighted by atomic mass is 10.1. The van der Waals surface area contributed by atoms with Crippen molar-refractivity contribution >= 4 is 39.7 Å². The van der Waals surface area contributed by atoms with Gasteiger partial charge in [-0.2, -0.15) is 0 Å². The second-order valence-corrected chi connectivity index (χ2v) is 7.70. The Morgan fingerprint density at radius 1 is 1.24 bits per heavy atom. The summed E-state index contributed by atoms with van der Waals surface area (Å²) >= 11 is 5.39. The average molecular weight is 357 g/mol. The van der Waals surface area contributed by atoms with E-state index in [1.54, 1.807) is 0 Å². The molecule has 0 unspecified atom stereocenters. The first kappa shape index (κ1) is 17.9. The number of rotatable bonds is 5. The molecule has 0 bridgehead atoms. The molecule has 0 atom stereocenters. The van der Waals surface area contributed by atoms with E-state index in [1.165, 1.54) is 23.8 Å². The van der Waals surface area contributed by atoms with Crippen molar-refractivity contribution in [2.24, 2.45) is 5.92 Å². The van der Waals surface area contributed by atoms with Crippen molar-refractivity contribution < 1.29 is 0 Å². The van der Waals surface area contributed by atoms with E-state index in [4.69, 9.17) is 17.2 Å². The van der Waals surface area contributed by atoms with Crippen LogP contribution in [-0.4, -0.2) is 29.7 Å². The van der Waals surface area contributed by atoms with Gasteiger partial charge in [0.25, 0.3) is 0 Å². The molecule has 2 N–H and O–H groups in total. The first-order chi connectivity index (χ1) is 12.0. The molecule has 1 fully saturated rings. The number of nitrogens with zero attached hydrogens (tertiary/aromatic N) is 2. The molecule has 25 heavy (non-hydrogen) atoms. The van der Waals surface area contributed by atoms with Crippen molar-refractivity contribution in [2.45, 2.75) is 40.0 Å². The lowest BCUT2D eigenvalue weighted by molar-refractivity contribution is 0.579. The Morgan fingerprint density at radius 3 is 2.72 bits per heavy atom. The van der Waals surface area contributed by atoms with Gasteiger partial charge in [-0.1, -0.05) is 13.8 Å². The maximum atomic E-state index is 5.39. The van der Waals surface area contributed by atoms with E-state index in [1.807, 2.05) is 0 Å². The highest BCUT2D eigenvalue weighted by atomic mass is 32.1. The number of thiocarbonyl (C=S) groups is 1. The number of benzene rings is 1. The molecule has 1 aromatic carbocycles. The third-order valence-electron chi connectivity index (χ3n) is 4.70. The van der Waals surface area contributed by atoms with E-state index in [9.17, 15) is 0 Å². The summed E-state index contributed by atoms with van der Waals surface area (Å²) in [5, 5.41) is 8.41. The van der Waals surface area contributed by atoms with Gasteiger partial charge in [0.1, 0.15) is 5.82 Å². The molecule has 2 heterocycles. The number of pyridine rings is 1. The van der Waals surface area contributed by atoms with Crippen LogP contribution in [0.15, 0.2) is 24.3 Å². The van der Waals surface area contributed by atoms with Crippen molar-refractivity contribution in [1.29, 1.82) is 0 Å². The van der Waals surface area contributed by atoms with Crippen LogP contribution in [0, 0.1) is 12.8 Å². The van der Waals surface area contributed by atoms with Crippen molar-refractivity contribution in [2.75, 3.05) is 29.9 Å². The minimum atomic E-state index is 0.675. The molecule has 0 radical (unpaired) electrons. The Hall–Kier alpha value is -1.88. The Kier molecular flexibility index (Phi) is 5.74. The Balaban J connectivity index is 1.72. The van der Waals surface area contributed by atoms with Gasteiger partial charge in [-0.3, -0.25) is 0 Å². The van der Waals surface area contributed by atoms with Gasteiger partial charge in [0.05, 0.1) is 5.52 Å². The highest BCUT2D eigenvalue weighted by molar-refractivity contribution is 7.80. The summed E-state index contributed by atoms with van der Waals surface area (Å²) in [5.41, 5.74) is 3.31. The minimum Gasteiger partial charge on any atom is -0.362 e. The molecule has 0 aliphatic carbocycles. The van der Waals surface area contributed by atoms with Crippen LogP contribution in [0.1, 0.15) is 38.7 Å². The van der Waals surface area contributed by atoms with E-state index >= 15 is 0 Å². The van der Waals surface area contributed by atoms with Crippen LogP contribution in [0.4, 0.5) is 11.5 Å². The zero-order valence-corrected chi connectivity index (χ0v) is 16.2. The molecule has 0 spiro atoms. The number of fused-ring (bicyclic) bond motifs is 1. The van der Waals surface area contributed by atoms with Gasteiger partial charge in [0.2, 0.25) is 0 Å². The molecule has 1 aliphatic rings.